The molecule has 1 atom stereocenters. The highest BCUT2D eigenvalue weighted by atomic mass is 19.3. The number of ether oxygens (including phenoxy) is 3. The summed E-state index contributed by atoms with van der Waals surface area (Å²) in [6.07, 6.45) is 0. The van der Waals surface area contributed by atoms with Gasteiger partial charge in [0.05, 0.1) is 25.8 Å². The molecule has 3 rings (SSSR count). The zero-order chi connectivity index (χ0) is 20.3. The number of hydrogen-bond donors (Lipinski definition) is 2. The normalized spacial score (nSPS) is 12.1. The van der Waals surface area contributed by atoms with E-state index in [0.29, 0.717) is 34.2 Å². The summed E-state index contributed by atoms with van der Waals surface area (Å²) in [6, 6.07) is 9.58. The lowest BCUT2D eigenvalue weighted by molar-refractivity contribution is -0.0498. The van der Waals surface area contributed by atoms with Crippen molar-refractivity contribution >= 4 is 22.7 Å². The van der Waals surface area contributed by atoms with E-state index in [2.05, 4.69) is 20.0 Å². The van der Waals surface area contributed by atoms with Crippen LogP contribution in [-0.4, -0.2) is 30.8 Å². The lowest BCUT2D eigenvalue weighted by Crippen LogP contribution is -2.11. The maximum atomic E-state index is 12.3. The number of aromatic nitrogens is 2. The molecule has 0 bridgehead atoms. The number of hydrogen-bond acceptors (Lipinski definition) is 7. The summed E-state index contributed by atoms with van der Waals surface area (Å²) in [5.41, 5.74) is 7.52. The first-order chi connectivity index (χ1) is 13.4. The third kappa shape index (κ3) is 4.13. The van der Waals surface area contributed by atoms with E-state index >= 15 is 0 Å². The van der Waals surface area contributed by atoms with Gasteiger partial charge in [-0.25, -0.2) is 4.98 Å². The highest BCUT2D eigenvalue weighted by Gasteiger charge is 2.14. The standard InChI is InChI=1S/C19H20F2N4O3/c1-10(11-4-6-12(7-5-11)28-18(20)21)23-19-24-14-9-16(27-3)15(26-2)8-13(14)17(22)25-19/h4-10,18H,1-3H3,(H3,22,23,24,25). The van der Waals surface area contributed by atoms with Crippen LogP contribution >= 0.6 is 0 Å². The van der Waals surface area contributed by atoms with E-state index in [1.807, 2.05) is 6.92 Å². The average Bonchev–Trinajstić information content (AvgIpc) is 2.67. The number of nitrogens with two attached hydrogens (primary N) is 1. The number of halogens is 2. The van der Waals surface area contributed by atoms with Crippen molar-refractivity contribution in [2.24, 2.45) is 0 Å². The summed E-state index contributed by atoms with van der Waals surface area (Å²) < 4.78 is 39.4. The van der Waals surface area contributed by atoms with Crippen LogP contribution in [0.15, 0.2) is 36.4 Å². The van der Waals surface area contributed by atoms with Gasteiger partial charge in [-0.1, -0.05) is 12.1 Å². The Bertz CT molecular complexity index is 968. The number of nitrogens with one attached hydrogen (secondary N) is 1. The third-order valence-corrected chi connectivity index (χ3v) is 4.18. The van der Waals surface area contributed by atoms with Gasteiger partial charge < -0.3 is 25.3 Å². The highest BCUT2D eigenvalue weighted by molar-refractivity contribution is 5.91. The summed E-state index contributed by atoms with van der Waals surface area (Å²) in [6.45, 7) is -0.965. The molecule has 1 heterocycles. The van der Waals surface area contributed by atoms with E-state index in [9.17, 15) is 8.78 Å². The molecular weight excluding hydrogens is 370 g/mol. The minimum atomic E-state index is -2.86. The predicted molar refractivity (Wildman–Crippen MR) is 102 cm³/mol. The second-order valence-electron chi connectivity index (χ2n) is 5.97. The molecule has 0 saturated carbocycles. The Hall–Kier alpha value is -3.36. The minimum Gasteiger partial charge on any atom is -0.493 e. The SMILES string of the molecule is COc1cc2nc(NC(C)c3ccc(OC(F)F)cc3)nc(N)c2cc1OC. The molecule has 7 nitrogen and oxygen atoms in total. The fraction of sp³-hybridized carbons (Fsp3) is 0.263. The Morgan fingerprint density at radius 2 is 1.64 bits per heavy atom. The number of fused-ring (bicyclic) bond motifs is 1. The van der Waals surface area contributed by atoms with E-state index in [0.717, 1.165) is 5.56 Å². The van der Waals surface area contributed by atoms with Gasteiger partial charge in [0.1, 0.15) is 11.6 Å². The first-order valence-corrected chi connectivity index (χ1v) is 8.41. The van der Waals surface area contributed by atoms with Crippen LogP contribution in [0.3, 0.4) is 0 Å². The van der Waals surface area contributed by atoms with Crippen molar-refractivity contribution in [3.63, 3.8) is 0 Å². The molecular formula is C19H20F2N4O3. The van der Waals surface area contributed by atoms with Gasteiger partial charge >= 0.3 is 6.61 Å². The van der Waals surface area contributed by atoms with Gasteiger partial charge in [-0.15, -0.1) is 0 Å². The van der Waals surface area contributed by atoms with Crippen molar-refractivity contribution in [1.29, 1.82) is 0 Å². The Morgan fingerprint density at radius 1 is 1.00 bits per heavy atom. The van der Waals surface area contributed by atoms with E-state index < -0.39 is 6.61 Å². The van der Waals surface area contributed by atoms with Gasteiger partial charge in [0.2, 0.25) is 5.95 Å². The number of methoxy groups -OCH3 is 2. The van der Waals surface area contributed by atoms with Gasteiger partial charge in [-0.2, -0.15) is 13.8 Å². The fourth-order valence-corrected chi connectivity index (χ4v) is 2.76. The molecule has 1 aromatic heterocycles. The summed E-state index contributed by atoms with van der Waals surface area (Å²) >= 11 is 0. The average molecular weight is 390 g/mol. The van der Waals surface area contributed by atoms with Gasteiger partial charge in [-0.05, 0) is 30.7 Å². The van der Waals surface area contributed by atoms with Crippen molar-refractivity contribution in [3.05, 3.63) is 42.0 Å². The van der Waals surface area contributed by atoms with Crippen LogP contribution in [-0.2, 0) is 0 Å². The molecule has 0 radical (unpaired) electrons. The molecule has 0 aliphatic heterocycles. The summed E-state index contributed by atoms with van der Waals surface area (Å²) in [5.74, 6) is 1.78. The molecule has 0 fully saturated rings. The highest BCUT2D eigenvalue weighted by Crippen LogP contribution is 2.34. The molecule has 3 N–H and O–H groups in total. The number of rotatable bonds is 7. The molecule has 148 valence electrons. The van der Waals surface area contributed by atoms with Crippen LogP contribution in [0, 0.1) is 0 Å². The molecule has 3 aromatic rings. The molecule has 0 spiro atoms. The molecule has 28 heavy (non-hydrogen) atoms. The minimum absolute atomic E-state index is 0.0955. The molecule has 0 amide bonds. The van der Waals surface area contributed by atoms with Gasteiger partial charge in [0.25, 0.3) is 0 Å². The number of anilines is 2. The molecule has 0 aliphatic carbocycles. The maximum Gasteiger partial charge on any atom is 0.387 e. The second-order valence-corrected chi connectivity index (χ2v) is 5.97. The van der Waals surface area contributed by atoms with E-state index in [4.69, 9.17) is 15.2 Å². The second kappa shape index (κ2) is 8.12. The van der Waals surface area contributed by atoms with Crippen LogP contribution in [0.25, 0.3) is 10.9 Å². The number of nitrogens with zero attached hydrogens (tertiary/aromatic N) is 2. The zero-order valence-corrected chi connectivity index (χ0v) is 15.6. The van der Waals surface area contributed by atoms with E-state index in [1.54, 1.807) is 24.3 Å². The van der Waals surface area contributed by atoms with Crippen molar-refractivity contribution in [2.75, 3.05) is 25.3 Å². The largest absolute Gasteiger partial charge is 0.493 e. The Kier molecular flexibility index (Phi) is 5.62. The quantitative estimate of drug-likeness (QED) is 0.630. The maximum absolute atomic E-state index is 12.3. The third-order valence-electron chi connectivity index (χ3n) is 4.18. The Labute approximate surface area is 160 Å². The fourth-order valence-electron chi connectivity index (χ4n) is 2.76. The topological polar surface area (TPSA) is 91.5 Å². The van der Waals surface area contributed by atoms with E-state index in [1.165, 1.54) is 26.4 Å². The van der Waals surface area contributed by atoms with Crippen LogP contribution in [0.4, 0.5) is 20.5 Å². The number of alkyl halides is 2. The molecule has 0 saturated heterocycles. The van der Waals surface area contributed by atoms with Crippen LogP contribution in [0.2, 0.25) is 0 Å². The summed E-state index contributed by atoms with van der Waals surface area (Å²) in [7, 11) is 3.08. The van der Waals surface area contributed by atoms with Crippen LogP contribution in [0.5, 0.6) is 17.2 Å². The molecule has 0 aliphatic rings. The zero-order valence-electron chi connectivity index (χ0n) is 15.6. The van der Waals surface area contributed by atoms with Crippen LogP contribution in [0.1, 0.15) is 18.5 Å². The van der Waals surface area contributed by atoms with Gasteiger partial charge in [0, 0.05) is 11.5 Å². The first kappa shape index (κ1) is 19.4. The lowest BCUT2D eigenvalue weighted by Gasteiger charge is -2.16. The lowest BCUT2D eigenvalue weighted by atomic mass is 10.1. The Morgan fingerprint density at radius 3 is 2.25 bits per heavy atom. The Balaban J connectivity index is 1.85. The van der Waals surface area contributed by atoms with Gasteiger partial charge in [0.15, 0.2) is 11.5 Å². The molecule has 2 aromatic carbocycles. The monoisotopic (exact) mass is 390 g/mol. The van der Waals surface area contributed by atoms with Crippen LogP contribution < -0.4 is 25.3 Å². The molecule has 1 unspecified atom stereocenters. The molecule has 9 heteroatoms. The van der Waals surface area contributed by atoms with E-state index in [-0.39, 0.29) is 11.8 Å². The van der Waals surface area contributed by atoms with Crippen molar-refractivity contribution < 1.29 is 23.0 Å². The van der Waals surface area contributed by atoms with Crippen molar-refractivity contribution in [1.82, 2.24) is 9.97 Å². The predicted octanol–water partition coefficient (Wildman–Crippen LogP) is 4.00. The first-order valence-electron chi connectivity index (χ1n) is 8.41. The number of benzene rings is 2. The summed E-state index contributed by atoms with van der Waals surface area (Å²) in [5, 5.41) is 3.80. The van der Waals surface area contributed by atoms with Gasteiger partial charge in [-0.3, -0.25) is 0 Å². The summed E-state index contributed by atoms with van der Waals surface area (Å²) in [4.78, 5) is 8.77. The smallest absolute Gasteiger partial charge is 0.387 e. The van der Waals surface area contributed by atoms with Crippen molar-refractivity contribution in [2.45, 2.75) is 19.6 Å². The van der Waals surface area contributed by atoms with Crippen molar-refractivity contribution in [3.8, 4) is 17.2 Å². The number of nitrogen functional groups attached to an aromatic ring is 1.